The predicted molar refractivity (Wildman–Crippen MR) is 67.5 cm³/mol. The van der Waals surface area contributed by atoms with E-state index >= 15 is 0 Å². The highest BCUT2D eigenvalue weighted by Crippen LogP contribution is 2.07. The lowest BCUT2D eigenvalue weighted by Crippen LogP contribution is -2.19. The number of carbonyl (C=O) groups is 1. The summed E-state index contributed by atoms with van der Waals surface area (Å²) in [4.78, 5) is 19.2. The predicted octanol–water partition coefficient (Wildman–Crippen LogP) is 0.865. The van der Waals surface area contributed by atoms with Gasteiger partial charge in [-0.1, -0.05) is 18.2 Å². The lowest BCUT2D eigenvalue weighted by molar-refractivity contribution is 0.0999. The highest BCUT2D eigenvalue weighted by atomic mass is 16.1. The van der Waals surface area contributed by atoms with Crippen LogP contribution in [0.3, 0.4) is 0 Å². The van der Waals surface area contributed by atoms with Gasteiger partial charge in [0.05, 0.1) is 5.69 Å². The normalized spacial score (nSPS) is 10.2. The smallest absolute Gasteiger partial charge is 0.249 e. The standard InChI is InChI=1S/C13H14N4O/c14-13(18)12-4-2-1-3-10(12)7-16-8-11-5-6-15-9-17-11/h1-6,9,16H,7-8H2,(H2,14,18). The first-order chi connectivity index (χ1) is 8.77. The average Bonchev–Trinajstić information content (AvgIpc) is 2.40. The van der Waals surface area contributed by atoms with Gasteiger partial charge in [0.25, 0.3) is 0 Å². The van der Waals surface area contributed by atoms with Gasteiger partial charge in [-0.05, 0) is 17.7 Å². The van der Waals surface area contributed by atoms with E-state index in [1.165, 1.54) is 6.33 Å². The Kier molecular flexibility index (Phi) is 3.98. The molecule has 0 bridgehead atoms. The summed E-state index contributed by atoms with van der Waals surface area (Å²) in [6.45, 7) is 1.19. The summed E-state index contributed by atoms with van der Waals surface area (Å²) in [5.74, 6) is -0.408. The third-order valence-electron chi connectivity index (χ3n) is 2.55. The van der Waals surface area contributed by atoms with Crippen molar-refractivity contribution in [2.45, 2.75) is 13.1 Å². The minimum atomic E-state index is -0.408. The van der Waals surface area contributed by atoms with Gasteiger partial charge in [0.15, 0.2) is 0 Å². The number of carbonyl (C=O) groups excluding carboxylic acids is 1. The highest BCUT2D eigenvalue weighted by Gasteiger charge is 2.06. The van der Waals surface area contributed by atoms with Crippen LogP contribution in [0.5, 0.6) is 0 Å². The van der Waals surface area contributed by atoms with Gasteiger partial charge < -0.3 is 11.1 Å². The molecule has 1 aromatic carbocycles. The van der Waals surface area contributed by atoms with Crippen LogP contribution in [0, 0.1) is 0 Å². The molecule has 2 aromatic rings. The van der Waals surface area contributed by atoms with Gasteiger partial charge in [0.1, 0.15) is 6.33 Å². The summed E-state index contributed by atoms with van der Waals surface area (Å²) >= 11 is 0. The molecule has 0 saturated heterocycles. The molecule has 5 nitrogen and oxygen atoms in total. The van der Waals surface area contributed by atoms with E-state index < -0.39 is 5.91 Å². The molecule has 18 heavy (non-hydrogen) atoms. The first kappa shape index (κ1) is 12.2. The summed E-state index contributed by atoms with van der Waals surface area (Å²) in [6, 6.07) is 9.13. The van der Waals surface area contributed by atoms with Gasteiger partial charge in [0, 0.05) is 24.8 Å². The number of nitrogens with zero attached hydrogens (tertiary/aromatic N) is 2. The van der Waals surface area contributed by atoms with Crippen molar-refractivity contribution in [3.63, 3.8) is 0 Å². The van der Waals surface area contributed by atoms with E-state index in [0.717, 1.165) is 11.3 Å². The number of amides is 1. The summed E-state index contributed by atoms with van der Waals surface area (Å²) < 4.78 is 0. The Balaban J connectivity index is 1.97. The minimum Gasteiger partial charge on any atom is -0.366 e. The van der Waals surface area contributed by atoms with Crippen molar-refractivity contribution in [1.82, 2.24) is 15.3 Å². The van der Waals surface area contributed by atoms with Crippen molar-refractivity contribution < 1.29 is 4.79 Å². The maximum Gasteiger partial charge on any atom is 0.249 e. The molecular weight excluding hydrogens is 228 g/mol. The number of nitrogens with two attached hydrogens (primary N) is 1. The zero-order chi connectivity index (χ0) is 12.8. The molecule has 1 heterocycles. The zero-order valence-corrected chi connectivity index (χ0v) is 9.84. The summed E-state index contributed by atoms with van der Waals surface area (Å²) in [7, 11) is 0. The zero-order valence-electron chi connectivity index (χ0n) is 9.84. The fourth-order valence-electron chi connectivity index (χ4n) is 1.66. The molecule has 0 aliphatic heterocycles. The molecule has 1 aromatic heterocycles. The Labute approximate surface area is 105 Å². The van der Waals surface area contributed by atoms with Crippen LogP contribution >= 0.6 is 0 Å². The van der Waals surface area contributed by atoms with Crippen molar-refractivity contribution in [3.8, 4) is 0 Å². The Morgan fingerprint density at radius 3 is 2.78 bits per heavy atom. The first-order valence-corrected chi connectivity index (χ1v) is 5.60. The summed E-state index contributed by atoms with van der Waals surface area (Å²) in [5.41, 5.74) is 7.65. The van der Waals surface area contributed by atoms with Gasteiger partial charge in [0.2, 0.25) is 5.91 Å². The van der Waals surface area contributed by atoms with Crippen molar-refractivity contribution in [2.75, 3.05) is 0 Å². The molecule has 0 radical (unpaired) electrons. The average molecular weight is 242 g/mol. The van der Waals surface area contributed by atoms with E-state index in [9.17, 15) is 4.79 Å². The van der Waals surface area contributed by atoms with E-state index in [1.54, 1.807) is 18.3 Å². The molecule has 92 valence electrons. The molecule has 0 aliphatic rings. The SMILES string of the molecule is NC(=O)c1ccccc1CNCc1ccncn1. The number of aromatic nitrogens is 2. The second kappa shape index (κ2) is 5.88. The van der Waals surface area contributed by atoms with Gasteiger partial charge in [-0.25, -0.2) is 9.97 Å². The van der Waals surface area contributed by atoms with Crippen molar-refractivity contribution in [3.05, 3.63) is 59.7 Å². The van der Waals surface area contributed by atoms with Crippen molar-refractivity contribution >= 4 is 5.91 Å². The lowest BCUT2D eigenvalue weighted by atomic mass is 10.1. The van der Waals surface area contributed by atoms with Gasteiger partial charge in [-0.2, -0.15) is 0 Å². The van der Waals surface area contributed by atoms with E-state index in [0.29, 0.717) is 18.7 Å². The molecule has 5 heteroatoms. The van der Waals surface area contributed by atoms with Gasteiger partial charge in [-0.3, -0.25) is 4.79 Å². The summed E-state index contributed by atoms with van der Waals surface area (Å²) in [6.07, 6.45) is 3.20. The highest BCUT2D eigenvalue weighted by molar-refractivity contribution is 5.94. The Morgan fingerprint density at radius 1 is 1.22 bits per heavy atom. The number of rotatable bonds is 5. The number of benzene rings is 1. The molecule has 0 saturated carbocycles. The lowest BCUT2D eigenvalue weighted by Gasteiger charge is -2.07. The van der Waals surface area contributed by atoms with Crippen LogP contribution in [0.15, 0.2) is 42.9 Å². The molecule has 0 unspecified atom stereocenters. The molecule has 0 spiro atoms. The molecule has 1 amide bonds. The van der Waals surface area contributed by atoms with Crippen LogP contribution < -0.4 is 11.1 Å². The first-order valence-electron chi connectivity index (χ1n) is 5.60. The number of nitrogens with one attached hydrogen (secondary N) is 1. The van der Waals surface area contributed by atoms with Gasteiger partial charge in [-0.15, -0.1) is 0 Å². The van der Waals surface area contributed by atoms with E-state index in [4.69, 9.17) is 5.73 Å². The number of primary amides is 1. The van der Waals surface area contributed by atoms with Crippen LogP contribution in [0.4, 0.5) is 0 Å². The van der Waals surface area contributed by atoms with Crippen LogP contribution in [0.2, 0.25) is 0 Å². The quantitative estimate of drug-likeness (QED) is 0.815. The monoisotopic (exact) mass is 242 g/mol. The second-order valence-corrected chi connectivity index (χ2v) is 3.83. The maximum atomic E-state index is 11.2. The molecule has 3 N–H and O–H groups in total. The second-order valence-electron chi connectivity index (χ2n) is 3.83. The molecule has 2 rings (SSSR count). The molecule has 0 fully saturated rings. The van der Waals surface area contributed by atoms with Crippen LogP contribution in [-0.2, 0) is 13.1 Å². The molecule has 0 atom stereocenters. The Hall–Kier alpha value is -2.27. The van der Waals surface area contributed by atoms with Crippen LogP contribution in [-0.4, -0.2) is 15.9 Å². The molecule has 0 aliphatic carbocycles. The third-order valence-corrected chi connectivity index (χ3v) is 2.55. The van der Waals surface area contributed by atoms with E-state index in [2.05, 4.69) is 15.3 Å². The number of hydrogen-bond donors (Lipinski definition) is 2. The topological polar surface area (TPSA) is 80.9 Å². The Bertz CT molecular complexity index is 528. The van der Waals surface area contributed by atoms with Gasteiger partial charge >= 0.3 is 0 Å². The largest absolute Gasteiger partial charge is 0.366 e. The van der Waals surface area contributed by atoms with E-state index in [-0.39, 0.29) is 0 Å². The van der Waals surface area contributed by atoms with Crippen LogP contribution in [0.1, 0.15) is 21.6 Å². The van der Waals surface area contributed by atoms with Crippen molar-refractivity contribution in [1.29, 1.82) is 0 Å². The fraction of sp³-hybridized carbons (Fsp3) is 0.154. The fourth-order valence-corrected chi connectivity index (χ4v) is 1.66. The van der Waals surface area contributed by atoms with Crippen LogP contribution in [0.25, 0.3) is 0 Å². The minimum absolute atomic E-state index is 0.408. The third kappa shape index (κ3) is 3.11. The Morgan fingerprint density at radius 2 is 2.06 bits per heavy atom. The molecular formula is C13H14N4O. The summed E-state index contributed by atoms with van der Waals surface area (Å²) in [5, 5.41) is 3.22. The van der Waals surface area contributed by atoms with Crippen molar-refractivity contribution in [2.24, 2.45) is 5.73 Å². The maximum absolute atomic E-state index is 11.2. The number of hydrogen-bond acceptors (Lipinski definition) is 4. The van der Waals surface area contributed by atoms with E-state index in [1.807, 2.05) is 18.2 Å².